The van der Waals surface area contributed by atoms with E-state index in [-0.39, 0.29) is 37.0 Å². The molecule has 0 radical (unpaired) electrons. The summed E-state index contributed by atoms with van der Waals surface area (Å²) in [6.07, 6.45) is 3.48. The van der Waals surface area contributed by atoms with E-state index in [1.165, 1.54) is 0 Å². The van der Waals surface area contributed by atoms with E-state index in [2.05, 4.69) is 17.2 Å². The van der Waals surface area contributed by atoms with E-state index in [9.17, 15) is 14.7 Å². The lowest BCUT2D eigenvalue weighted by Crippen LogP contribution is -2.43. The van der Waals surface area contributed by atoms with E-state index >= 15 is 0 Å². The van der Waals surface area contributed by atoms with Gasteiger partial charge in [-0.2, -0.15) is 0 Å². The average Bonchev–Trinajstić information content (AvgIpc) is 3.68. The second-order valence-electron chi connectivity index (χ2n) is 11.4. The Balaban J connectivity index is 1.25. The maximum Gasteiger partial charge on any atom is 0.269 e. The van der Waals surface area contributed by atoms with Crippen LogP contribution in [0.1, 0.15) is 36.6 Å². The highest BCUT2D eigenvalue weighted by Crippen LogP contribution is 2.55. The molecule has 0 saturated carbocycles. The van der Waals surface area contributed by atoms with Crippen molar-refractivity contribution in [2.24, 2.45) is 5.92 Å². The normalized spacial score (nSPS) is 22.7. The molecule has 2 amide bonds. The molecule has 7 rings (SSSR count). The van der Waals surface area contributed by atoms with Gasteiger partial charge in [-0.15, -0.1) is 5.10 Å². The summed E-state index contributed by atoms with van der Waals surface area (Å²) in [5, 5.41) is 17.5. The minimum absolute atomic E-state index is 0.0229. The molecule has 3 aromatic carbocycles. The van der Waals surface area contributed by atoms with Gasteiger partial charge in [0, 0.05) is 42.9 Å². The highest BCUT2D eigenvalue weighted by molar-refractivity contribution is 6.09. The molecule has 1 N–H and O–H groups in total. The molecule has 1 fully saturated rings. The van der Waals surface area contributed by atoms with Gasteiger partial charge in [0.15, 0.2) is 12.2 Å². The first-order valence-corrected chi connectivity index (χ1v) is 14.7. The van der Waals surface area contributed by atoms with Crippen molar-refractivity contribution in [2.45, 2.75) is 51.0 Å². The third kappa shape index (κ3) is 4.67. The lowest BCUT2D eigenvalue weighted by molar-refractivity contribution is -0.146. The standard InChI is InChI=1S/C33H33N5O5/c1-22-17-26(13-15-36-20-24(14-16-39)34-35-36)43-33(22)27-18-25(38-29-9-5-6-10-30(29)42-21-31(38)40)11-12-28(27)37(32(33)41)19-23-7-3-2-4-8-23/h2-12,18,20,22,26,39H,13-17,19,21H2,1H3/t22-,26+,33+/m0/s1. The second-order valence-corrected chi connectivity index (χ2v) is 11.4. The third-order valence-corrected chi connectivity index (χ3v) is 8.68. The summed E-state index contributed by atoms with van der Waals surface area (Å²) in [5.41, 5.74) is 3.50. The van der Waals surface area contributed by atoms with E-state index in [1.54, 1.807) is 9.58 Å². The first-order chi connectivity index (χ1) is 21.0. The van der Waals surface area contributed by atoms with Gasteiger partial charge in [-0.3, -0.25) is 19.2 Å². The predicted octanol–water partition coefficient (Wildman–Crippen LogP) is 4.13. The van der Waals surface area contributed by atoms with Gasteiger partial charge < -0.3 is 19.5 Å². The molecule has 4 aromatic rings. The number of carbonyl (C=O) groups excluding carboxylic acids is 2. The Kier molecular flexibility index (Phi) is 6.95. The molecule has 3 aliphatic heterocycles. The van der Waals surface area contributed by atoms with Crippen LogP contribution in [0.3, 0.4) is 0 Å². The van der Waals surface area contributed by atoms with Crippen molar-refractivity contribution >= 4 is 28.9 Å². The molecule has 43 heavy (non-hydrogen) atoms. The summed E-state index contributed by atoms with van der Waals surface area (Å²) in [6, 6.07) is 23.2. The number of anilines is 3. The third-order valence-electron chi connectivity index (χ3n) is 8.68. The molecular weight excluding hydrogens is 546 g/mol. The smallest absolute Gasteiger partial charge is 0.269 e. The number of para-hydroxylation sites is 2. The Labute approximate surface area is 249 Å². The summed E-state index contributed by atoms with van der Waals surface area (Å²) in [4.78, 5) is 31.2. The number of aliphatic hydroxyl groups is 1. The van der Waals surface area contributed by atoms with E-state index < -0.39 is 5.60 Å². The van der Waals surface area contributed by atoms with Crippen molar-refractivity contribution in [3.8, 4) is 5.75 Å². The van der Waals surface area contributed by atoms with Crippen molar-refractivity contribution in [2.75, 3.05) is 23.0 Å². The van der Waals surface area contributed by atoms with Gasteiger partial charge in [-0.05, 0) is 48.7 Å². The number of ether oxygens (including phenoxy) is 2. The second kappa shape index (κ2) is 10.9. The fraction of sp³-hybridized carbons (Fsp3) is 0.333. The lowest BCUT2D eigenvalue weighted by atomic mass is 9.82. The number of fused-ring (bicyclic) bond motifs is 3. The summed E-state index contributed by atoms with van der Waals surface area (Å²) >= 11 is 0. The number of hydrogen-bond donors (Lipinski definition) is 1. The van der Waals surface area contributed by atoms with Gasteiger partial charge in [-0.1, -0.05) is 54.6 Å². The molecule has 10 heteroatoms. The Bertz CT molecular complexity index is 1670. The summed E-state index contributed by atoms with van der Waals surface area (Å²) < 4.78 is 14.3. The number of carbonyl (C=O) groups is 2. The van der Waals surface area contributed by atoms with Gasteiger partial charge >= 0.3 is 0 Å². The SMILES string of the molecule is C[C@H]1C[C@@H](CCn2cc(CCO)nn2)O[C@]12C(=O)N(Cc1ccccc1)c1ccc(N3C(=O)COc4ccccc43)cc12. The van der Waals surface area contributed by atoms with Crippen molar-refractivity contribution in [3.63, 3.8) is 0 Å². The molecule has 3 aliphatic rings. The Morgan fingerprint density at radius 2 is 1.84 bits per heavy atom. The van der Waals surface area contributed by atoms with Gasteiger partial charge in [0.05, 0.1) is 29.7 Å². The number of benzene rings is 3. The van der Waals surface area contributed by atoms with Crippen LogP contribution in [0, 0.1) is 5.92 Å². The first-order valence-electron chi connectivity index (χ1n) is 14.7. The molecule has 4 heterocycles. The Hall–Kier alpha value is -4.54. The van der Waals surface area contributed by atoms with Crippen molar-refractivity contribution in [1.82, 2.24) is 15.0 Å². The van der Waals surface area contributed by atoms with E-state index in [1.807, 2.05) is 83.9 Å². The molecule has 0 aliphatic carbocycles. The zero-order valence-electron chi connectivity index (χ0n) is 23.9. The summed E-state index contributed by atoms with van der Waals surface area (Å²) in [6.45, 7) is 3.04. The van der Waals surface area contributed by atoms with Crippen LogP contribution in [-0.2, 0) is 39.4 Å². The van der Waals surface area contributed by atoms with E-state index in [4.69, 9.17) is 9.47 Å². The molecular formula is C33H33N5O5. The molecule has 0 bridgehead atoms. The van der Waals surface area contributed by atoms with Gasteiger partial charge in [0.25, 0.3) is 11.8 Å². The molecule has 220 valence electrons. The number of hydrogen-bond acceptors (Lipinski definition) is 7. The fourth-order valence-corrected chi connectivity index (χ4v) is 6.64. The number of rotatable bonds is 8. The van der Waals surface area contributed by atoms with Crippen LogP contribution in [0.4, 0.5) is 17.1 Å². The summed E-state index contributed by atoms with van der Waals surface area (Å²) in [5.74, 6) is 0.274. The molecule has 1 saturated heterocycles. The topological polar surface area (TPSA) is 110 Å². The Morgan fingerprint density at radius 3 is 2.67 bits per heavy atom. The van der Waals surface area contributed by atoms with Crippen LogP contribution in [0.15, 0.2) is 79.0 Å². The highest BCUT2D eigenvalue weighted by atomic mass is 16.5. The molecule has 10 nitrogen and oxygen atoms in total. The average molecular weight is 580 g/mol. The maximum atomic E-state index is 14.5. The number of amides is 2. The van der Waals surface area contributed by atoms with Crippen LogP contribution < -0.4 is 14.5 Å². The first kappa shape index (κ1) is 27.3. The monoisotopic (exact) mass is 579 g/mol. The maximum absolute atomic E-state index is 14.5. The van der Waals surface area contributed by atoms with Gasteiger partial charge in [0.2, 0.25) is 0 Å². The lowest BCUT2D eigenvalue weighted by Gasteiger charge is -2.31. The largest absolute Gasteiger partial charge is 0.482 e. The number of nitrogens with zero attached hydrogens (tertiary/aromatic N) is 5. The van der Waals surface area contributed by atoms with Gasteiger partial charge in [0.1, 0.15) is 5.75 Å². The molecule has 0 unspecified atom stereocenters. The summed E-state index contributed by atoms with van der Waals surface area (Å²) in [7, 11) is 0. The molecule has 1 aromatic heterocycles. The molecule has 1 spiro atoms. The van der Waals surface area contributed by atoms with Crippen molar-refractivity contribution < 1.29 is 24.2 Å². The van der Waals surface area contributed by atoms with Crippen LogP contribution in [0.25, 0.3) is 0 Å². The van der Waals surface area contributed by atoms with Crippen LogP contribution in [-0.4, -0.2) is 51.2 Å². The number of aryl methyl sites for hydroxylation is 1. The quantitative estimate of drug-likeness (QED) is 0.334. The van der Waals surface area contributed by atoms with Crippen LogP contribution >= 0.6 is 0 Å². The highest BCUT2D eigenvalue weighted by Gasteiger charge is 2.60. The van der Waals surface area contributed by atoms with E-state index in [0.29, 0.717) is 49.5 Å². The van der Waals surface area contributed by atoms with Crippen molar-refractivity contribution in [1.29, 1.82) is 0 Å². The predicted molar refractivity (Wildman–Crippen MR) is 159 cm³/mol. The van der Waals surface area contributed by atoms with Crippen LogP contribution in [0.2, 0.25) is 0 Å². The van der Waals surface area contributed by atoms with Crippen LogP contribution in [0.5, 0.6) is 5.75 Å². The minimum Gasteiger partial charge on any atom is -0.482 e. The Morgan fingerprint density at radius 1 is 1.02 bits per heavy atom. The zero-order chi connectivity index (χ0) is 29.6. The fourth-order valence-electron chi connectivity index (χ4n) is 6.64. The molecule has 3 atom stereocenters. The number of aromatic nitrogens is 3. The zero-order valence-corrected chi connectivity index (χ0v) is 23.9. The minimum atomic E-state index is -1.18. The van der Waals surface area contributed by atoms with E-state index in [0.717, 1.165) is 22.5 Å². The van der Waals surface area contributed by atoms with Gasteiger partial charge in [-0.25, -0.2) is 0 Å². The number of aliphatic hydroxyl groups excluding tert-OH is 1. The van der Waals surface area contributed by atoms with Crippen molar-refractivity contribution in [3.05, 3.63) is 95.8 Å².